The van der Waals surface area contributed by atoms with E-state index >= 15 is 0 Å². The summed E-state index contributed by atoms with van der Waals surface area (Å²) in [7, 11) is 4.26. The van der Waals surface area contributed by atoms with Crippen LogP contribution in [0.25, 0.3) is 0 Å². The standard InChI is InChI=1S/C23H31N5O2S/c1-26-9-11-28(12-10-26)21(17-5-6-20-18(14-17)7-8-27(20)2)16-25-23(30)22(29)24-15-19-4-3-13-31-19/h3-6,13-14,21H,7-12,15-16H2,1-2H3,(H,24,29)(H,25,30)/t21-/m1/s1. The second-order valence-corrected chi connectivity index (χ2v) is 9.42. The number of nitrogens with one attached hydrogen (secondary N) is 2. The van der Waals surface area contributed by atoms with E-state index in [0.29, 0.717) is 13.1 Å². The summed E-state index contributed by atoms with van der Waals surface area (Å²) in [4.78, 5) is 32.8. The summed E-state index contributed by atoms with van der Waals surface area (Å²) in [5.74, 6) is -1.15. The highest BCUT2D eigenvalue weighted by atomic mass is 32.1. The van der Waals surface area contributed by atoms with E-state index in [0.717, 1.165) is 44.0 Å². The normalized spacial score (nSPS) is 17.9. The number of hydrogen-bond acceptors (Lipinski definition) is 6. The minimum atomic E-state index is -0.582. The van der Waals surface area contributed by atoms with E-state index in [4.69, 9.17) is 0 Å². The number of amides is 2. The first-order chi connectivity index (χ1) is 15.0. The highest BCUT2D eigenvalue weighted by molar-refractivity contribution is 7.09. The van der Waals surface area contributed by atoms with Gasteiger partial charge in [-0.1, -0.05) is 18.2 Å². The Bertz CT molecular complexity index is 909. The molecule has 7 nitrogen and oxygen atoms in total. The quantitative estimate of drug-likeness (QED) is 0.665. The van der Waals surface area contributed by atoms with Gasteiger partial charge < -0.3 is 20.4 Å². The number of benzene rings is 1. The van der Waals surface area contributed by atoms with Crippen molar-refractivity contribution in [1.82, 2.24) is 20.4 Å². The first kappa shape index (κ1) is 21.8. The van der Waals surface area contributed by atoms with Crippen molar-refractivity contribution < 1.29 is 9.59 Å². The molecule has 2 aliphatic heterocycles. The van der Waals surface area contributed by atoms with Crippen molar-refractivity contribution in [3.8, 4) is 0 Å². The van der Waals surface area contributed by atoms with Gasteiger partial charge in [-0.05, 0) is 42.1 Å². The molecule has 1 aromatic carbocycles. The molecule has 3 heterocycles. The molecule has 0 saturated carbocycles. The van der Waals surface area contributed by atoms with Crippen molar-refractivity contribution in [2.75, 3.05) is 58.3 Å². The number of hydrogen-bond donors (Lipinski definition) is 2. The van der Waals surface area contributed by atoms with Gasteiger partial charge in [-0.25, -0.2) is 0 Å². The van der Waals surface area contributed by atoms with E-state index in [1.165, 1.54) is 16.8 Å². The fourth-order valence-corrected chi connectivity index (χ4v) is 4.96. The van der Waals surface area contributed by atoms with Crippen LogP contribution in [0.3, 0.4) is 0 Å². The monoisotopic (exact) mass is 441 g/mol. The number of nitrogens with zero attached hydrogens (tertiary/aromatic N) is 3. The first-order valence-corrected chi connectivity index (χ1v) is 11.7. The summed E-state index contributed by atoms with van der Waals surface area (Å²) >= 11 is 1.56. The minimum absolute atomic E-state index is 0.0546. The van der Waals surface area contributed by atoms with Crippen LogP contribution in [0, 0.1) is 0 Å². The topological polar surface area (TPSA) is 67.9 Å². The predicted octanol–water partition coefficient (Wildman–Crippen LogP) is 1.46. The van der Waals surface area contributed by atoms with Crippen molar-refractivity contribution in [1.29, 1.82) is 0 Å². The van der Waals surface area contributed by atoms with E-state index in [1.807, 2.05) is 17.5 Å². The molecule has 4 rings (SSSR count). The molecular weight excluding hydrogens is 410 g/mol. The van der Waals surface area contributed by atoms with Gasteiger partial charge in [0.2, 0.25) is 0 Å². The Labute approximate surface area is 188 Å². The number of thiophene rings is 1. The Morgan fingerprint density at radius 2 is 1.81 bits per heavy atom. The summed E-state index contributed by atoms with van der Waals surface area (Å²) in [5, 5.41) is 7.54. The smallest absolute Gasteiger partial charge is 0.309 e. The molecule has 8 heteroatoms. The third-order valence-corrected chi connectivity index (χ3v) is 7.14. The maximum absolute atomic E-state index is 12.5. The van der Waals surface area contributed by atoms with E-state index in [2.05, 4.69) is 57.6 Å². The number of rotatable bonds is 6. The van der Waals surface area contributed by atoms with Crippen LogP contribution >= 0.6 is 11.3 Å². The van der Waals surface area contributed by atoms with Crippen LogP contribution in [0.2, 0.25) is 0 Å². The van der Waals surface area contributed by atoms with Crippen molar-refractivity contribution in [2.45, 2.75) is 19.0 Å². The Morgan fingerprint density at radius 3 is 2.55 bits per heavy atom. The van der Waals surface area contributed by atoms with Gasteiger partial charge in [0.25, 0.3) is 0 Å². The maximum atomic E-state index is 12.5. The molecule has 1 fully saturated rings. The van der Waals surface area contributed by atoms with Gasteiger partial charge in [0.15, 0.2) is 0 Å². The highest BCUT2D eigenvalue weighted by Crippen LogP contribution is 2.31. The molecular formula is C23H31N5O2S. The van der Waals surface area contributed by atoms with Gasteiger partial charge in [-0.15, -0.1) is 11.3 Å². The summed E-state index contributed by atoms with van der Waals surface area (Å²) in [6, 6.07) is 10.6. The number of anilines is 1. The lowest BCUT2D eigenvalue weighted by Gasteiger charge is -2.38. The second-order valence-electron chi connectivity index (χ2n) is 8.39. The molecule has 31 heavy (non-hydrogen) atoms. The van der Waals surface area contributed by atoms with Crippen molar-refractivity contribution in [3.05, 3.63) is 51.7 Å². The van der Waals surface area contributed by atoms with Crippen molar-refractivity contribution in [3.63, 3.8) is 0 Å². The fourth-order valence-electron chi connectivity index (χ4n) is 4.32. The molecule has 0 unspecified atom stereocenters. The summed E-state index contributed by atoms with van der Waals surface area (Å²) in [5.41, 5.74) is 3.86. The zero-order chi connectivity index (χ0) is 21.8. The number of carbonyl (C=O) groups is 2. The van der Waals surface area contributed by atoms with Gasteiger partial charge in [-0.3, -0.25) is 14.5 Å². The average molecular weight is 442 g/mol. The lowest BCUT2D eigenvalue weighted by Crippen LogP contribution is -2.49. The van der Waals surface area contributed by atoms with Crippen LogP contribution in [0.1, 0.15) is 22.0 Å². The number of piperazine rings is 1. The minimum Gasteiger partial charge on any atom is -0.374 e. The fraction of sp³-hybridized carbons (Fsp3) is 0.478. The van der Waals surface area contributed by atoms with Crippen LogP contribution in [0.5, 0.6) is 0 Å². The van der Waals surface area contributed by atoms with Gasteiger partial charge in [0.05, 0.1) is 12.6 Å². The molecule has 2 amide bonds. The molecule has 2 aromatic rings. The van der Waals surface area contributed by atoms with Crippen LogP contribution in [0.4, 0.5) is 5.69 Å². The number of fused-ring (bicyclic) bond motifs is 1. The van der Waals surface area contributed by atoms with Crippen LogP contribution in [-0.2, 0) is 22.6 Å². The molecule has 166 valence electrons. The average Bonchev–Trinajstić information content (AvgIpc) is 3.43. The summed E-state index contributed by atoms with van der Waals surface area (Å²) in [6.07, 6.45) is 1.05. The Kier molecular flexibility index (Phi) is 6.89. The molecule has 2 N–H and O–H groups in total. The number of carbonyl (C=O) groups excluding carboxylic acids is 2. The molecule has 1 atom stereocenters. The predicted molar refractivity (Wildman–Crippen MR) is 124 cm³/mol. The molecule has 0 aliphatic carbocycles. The largest absolute Gasteiger partial charge is 0.374 e. The lowest BCUT2D eigenvalue weighted by atomic mass is 10.00. The Morgan fingerprint density at radius 1 is 1.03 bits per heavy atom. The van der Waals surface area contributed by atoms with Crippen LogP contribution < -0.4 is 15.5 Å². The maximum Gasteiger partial charge on any atom is 0.309 e. The van der Waals surface area contributed by atoms with Crippen molar-refractivity contribution >= 4 is 28.8 Å². The summed E-state index contributed by atoms with van der Waals surface area (Å²) in [6.45, 7) is 5.73. The number of likely N-dealkylation sites (N-methyl/N-ethyl adjacent to an activating group) is 2. The van der Waals surface area contributed by atoms with Crippen molar-refractivity contribution in [2.24, 2.45) is 0 Å². The summed E-state index contributed by atoms with van der Waals surface area (Å²) < 4.78 is 0. The molecule has 0 spiro atoms. The molecule has 1 aromatic heterocycles. The van der Waals surface area contributed by atoms with Crippen LogP contribution in [-0.4, -0.2) is 75.0 Å². The molecule has 1 saturated heterocycles. The molecule has 2 aliphatic rings. The third kappa shape index (κ3) is 5.26. The Balaban J connectivity index is 1.42. The Hall–Kier alpha value is -2.42. The van der Waals surface area contributed by atoms with Gasteiger partial charge in [0.1, 0.15) is 0 Å². The zero-order valence-corrected chi connectivity index (χ0v) is 19.1. The van der Waals surface area contributed by atoms with E-state index in [1.54, 1.807) is 11.3 Å². The molecule has 0 bridgehead atoms. The molecule has 0 radical (unpaired) electrons. The van der Waals surface area contributed by atoms with Gasteiger partial charge in [0, 0.05) is 56.9 Å². The van der Waals surface area contributed by atoms with Gasteiger partial charge in [-0.2, -0.15) is 0 Å². The van der Waals surface area contributed by atoms with Crippen LogP contribution in [0.15, 0.2) is 35.7 Å². The van der Waals surface area contributed by atoms with E-state index in [-0.39, 0.29) is 6.04 Å². The first-order valence-electron chi connectivity index (χ1n) is 10.9. The SMILES string of the molecule is CN1CCN([C@H](CNC(=O)C(=O)NCc2cccs2)c2ccc3c(c2)CCN3C)CC1. The van der Waals surface area contributed by atoms with E-state index < -0.39 is 11.8 Å². The van der Waals surface area contributed by atoms with Gasteiger partial charge >= 0.3 is 11.8 Å². The van der Waals surface area contributed by atoms with E-state index in [9.17, 15) is 9.59 Å². The highest BCUT2D eigenvalue weighted by Gasteiger charge is 2.27. The zero-order valence-electron chi connectivity index (χ0n) is 18.3. The second kappa shape index (κ2) is 9.80. The lowest BCUT2D eigenvalue weighted by molar-refractivity contribution is -0.139. The third-order valence-electron chi connectivity index (χ3n) is 6.26.